The summed E-state index contributed by atoms with van der Waals surface area (Å²) in [5.41, 5.74) is 0. The van der Waals surface area contributed by atoms with Crippen molar-refractivity contribution in [2.75, 3.05) is 6.54 Å². The zero-order valence-electron chi connectivity index (χ0n) is 10.6. The molecular weight excluding hydrogens is 242 g/mol. The minimum Gasteiger partial charge on any atom is -0.410 e. The number of hydrogen-bond donors (Lipinski definition) is 1. The predicted octanol–water partition coefficient (Wildman–Crippen LogP) is 2.40. The molecule has 1 amide bonds. The van der Waals surface area contributed by atoms with E-state index in [9.17, 15) is 9.90 Å². The lowest BCUT2D eigenvalue weighted by atomic mass is 9.85. The Kier molecular flexibility index (Phi) is 3.25. The molecular formula is C15H17NO3. The first-order chi connectivity index (χ1) is 9.25. The zero-order chi connectivity index (χ0) is 13.2. The lowest BCUT2D eigenvalue weighted by Crippen LogP contribution is -2.39. The van der Waals surface area contributed by atoms with Crippen LogP contribution >= 0.6 is 0 Å². The monoisotopic (exact) mass is 259 g/mol. The molecule has 1 N–H and O–H groups in total. The van der Waals surface area contributed by atoms with E-state index in [0.717, 1.165) is 12.8 Å². The van der Waals surface area contributed by atoms with Gasteiger partial charge in [-0.25, -0.2) is 4.79 Å². The number of para-hydroxylation sites is 1. The van der Waals surface area contributed by atoms with E-state index in [4.69, 9.17) is 4.74 Å². The third-order valence-corrected chi connectivity index (χ3v) is 3.94. The molecule has 2 aliphatic rings. The highest BCUT2D eigenvalue weighted by molar-refractivity contribution is 5.71. The second-order valence-electron chi connectivity index (χ2n) is 5.11. The molecule has 4 heteroatoms. The number of nitrogens with zero attached hydrogens (tertiary/aromatic N) is 1. The van der Waals surface area contributed by atoms with Gasteiger partial charge in [0.2, 0.25) is 0 Å². The maximum Gasteiger partial charge on any atom is 0.417 e. The lowest BCUT2D eigenvalue weighted by Gasteiger charge is -2.23. The lowest BCUT2D eigenvalue weighted by molar-refractivity contribution is 0.0154. The van der Waals surface area contributed by atoms with Crippen LogP contribution < -0.4 is 4.74 Å². The molecule has 1 heterocycles. The largest absolute Gasteiger partial charge is 0.417 e. The van der Waals surface area contributed by atoms with Crippen LogP contribution in [0.2, 0.25) is 0 Å². The topological polar surface area (TPSA) is 49.8 Å². The highest BCUT2D eigenvalue weighted by atomic mass is 16.6. The number of fused-ring (bicyclic) bond motifs is 1. The smallest absolute Gasteiger partial charge is 0.410 e. The van der Waals surface area contributed by atoms with E-state index in [-0.39, 0.29) is 5.92 Å². The first kappa shape index (κ1) is 12.2. The predicted molar refractivity (Wildman–Crippen MR) is 70.5 cm³/mol. The molecule has 1 aliphatic heterocycles. The molecule has 100 valence electrons. The minimum atomic E-state index is -0.730. The van der Waals surface area contributed by atoms with Gasteiger partial charge in [-0.3, -0.25) is 4.90 Å². The average molecular weight is 259 g/mol. The summed E-state index contributed by atoms with van der Waals surface area (Å²) in [5, 5.41) is 10.2. The number of allylic oxidation sites excluding steroid dienone is 2. The number of carbonyl (C=O) groups is 1. The van der Waals surface area contributed by atoms with Crippen molar-refractivity contribution in [3.05, 3.63) is 42.5 Å². The Bertz CT molecular complexity index is 485. The van der Waals surface area contributed by atoms with Crippen LogP contribution in [0, 0.1) is 11.8 Å². The Balaban J connectivity index is 1.68. The molecule has 0 spiro atoms. The molecule has 0 saturated carbocycles. The number of carbonyl (C=O) groups excluding carboxylic acids is 1. The van der Waals surface area contributed by atoms with Crippen LogP contribution in [0.15, 0.2) is 42.5 Å². The van der Waals surface area contributed by atoms with E-state index in [0.29, 0.717) is 18.2 Å². The number of likely N-dealkylation sites (tertiary alicyclic amines) is 1. The maximum atomic E-state index is 12.1. The van der Waals surface area contributed by atoms with Crippen LogP contribution in [-0.4, -0.2) is 28.9 Å². The second-order valence-corrected chi connectivity index (χ2v) is 5.11. The summed E-state index contributed by atoms with van der Waals surface area (Å²) >= 11 is 0. The molecule has 1 fully saturated rings. The van der Waals surface area contributed by atoms with E-state index >= 15 is 0 Å². The second kappa shape index (κ2) is 5.05. The van der Waals surface area contributed by atoms with Crippen molar-refractivity contribution in [2.45, 2.75) is 19.1 Å². The summed E-state index contributed by atoms with van der Waals surface area (Å²) in [4.78, 5) is 13.5. The molecule has 1 aromatic carbocycles. The van der Waals surface area contributed by atoms with Gasteiger partial charge in [0.05, 0.1) is 0 Å². The van der Waals surface area contributed by atoms with Gasteiger partial charge in [0.15, 0.2) is 0 Å². The normalized spacial score (nSPS) is 29.1. The standard InChI is InChI=1S/C15H17NO3/c17-14-13-9-5-4-6-11(13)10-16(14)15(18)19-12-7-2-1-3-8-12/h1-5,7-8,11,13-14,17H,6,9-10H2/t11-,13-,14+/m1/s1. The van der Waals surface area contributed by atoms with Gasteiger partial charge < -0.3 is 9.84 Å². The van der Waals surface area contributed by atoms with Gasteiger partial charge in [0.1, 0.15) is 12.0 Å². The Labute approximate surface area is 112 Å². The van der Waals surface area contributed by atoms with Crippen LogP contribution in [0.5, 0.6) is 5.75 Å². The van der Waals surface area contributed by atoms with Gasteiger partial charge in [-0.1, -0.05) is 30.4 Å². The van der Waals surface area contributed by atoms with E-state index < -0.39 is 12.3 Å². The molecule has 3 atom stereocenters. The van der Waals surface area contributed by atoms with Gasteiger partial charge in [-0.05, 0) is 30.9 Å². The van der Waals surface area contributed by atoms with Gasteiger partial charge >= 0.3 is 6.09 Å². The Hall–Kier alpha value is -1.81. The summed E-state index contributed by atoms with van der Waals surface area (Å²) < 4.78 is 5.28. The summed E-state index contributed by atoms with van der Waals surface area (Å²) in [6.07, 6.45) is 4.77. The fourth-order valence-corrected chi connectivity index (χ4v) is 2.89. The summed E-state index contributed by atoms with van der Waals surface area (Å²) in [5.74, 6) is 1.00. The molecule has 1 aliphatic carbocycles. The molecule has 0 aromatic heterocycles. The van der Waals surface area contributed by atoms with E-state index in [1.165, 1.54) is 4.90 Å². The number of hydrogen-bond acceptors (Lipinski definition) is 3. The molecule has 0 radical (unpaired) electrons. The van der Waals surface area contributed by atoms with Crippen LogP contribution in [0.1, 0.15) is 12.8 Å². The summed E-state index contributed by atoms with van der Waals surface area (Å²) in [6, 6.07) is 8.95. The number of amides is 1. The van der Waals surface area contributed by atoms with Crippen molar-refractivity contribution in [1.29, 1.82) is 0 Å². The van der Waals surface area contributed by atoms with Crippen molar-refractivity contribution >= 4 is 6.09 Å². The van der Waals surface area contributed by atoms with Crippen molar-refractivity contribution in [3.8, 4) is 5.75 Å². The minimum absolute atomic E-state index is 0.147. The zero-order valence-corrected chi connectivity index (χ0v) is 10.6. The fraction of sp³-hybridized carbons (Fsp3) is 0.400. The highest BCUT2D eigenvalue weighted by Crippen LogP contribution is 2.36. The van der Waals surface area contributed by atoms with Crippen molar-refractivity contribution in [2.24, 2.45) is 11.8 Å². The molecule has 0 unspecified atom stereocenters. The number of ether oxygens (including phenoxy) is 1. The summed E-state index contributed by atoms with van der Waals surface area (Å²) in [6.45, 7) is 0.571. The van der Waals surface area contributed by atoms with E-state index in [2.05, 4.69) is 12.2 Å². The fourth-order valence-electron chi connectivity index (χ4n) is 2.89. The number of rotatable bonds is 1. The number of aliphatic hydroxyl groups excluding tert-OH is 1. The molecule has 1 saturated heterocycles. The SMILES string of the molecule is O=C(Oc1ccccc1)N1C[C@H]2CC=CC[C@H]2[C@@H]1O. The Morgan fingerprint density at radius 1 is 1.21 bits per heavy atom. The Morgan fingerprint density at radius 2 is 1.95 bits per heavy atom. The third-order valence-electron chi connectivity index (χ3n) is 3.94. The first-order valence-corrected chi connectivity index (χ1v) is 6.62. The van der Waals surface area contributed by atoms with Crippen LogP contribution in [0.25, 0.3) is 0 Å². The molecule has 0 bridgehead atoms. The van der Waals surface area contributed by atoms with Gasteiger partial charge in [0.25, 0.3) is 0 Å². The summed E-state index contributed by atoms with van der Waals surface area (Å²) in [7, 11) is 0. The highest BCUT2D eigenvalue weighted by Gasteiger charge is 2.43. The molecule has 1 aromatic rings. The van der Waals surface area contributed by atoms with Crippen molar-refractivity contribution in [3.63, 3.8) is 0 Å². The third kappa shape index (κ3) is 2.36. The van der Waals surface area contributed by atoms with Gasteiger partial charge in [0, 0.05) is 12.5 Å². The van der Waals surface area contributed by atoms with Crippen molar-refractivity contribution in [1.82, 2.24) is 4.90 Å². The average Bonchev–Trinajstić information content (AvgIpc) is 2.78. The van der Waals surface area contributed by atoms with Gasteiger partial charge in [-0.2, -0.15) is 0 Å². The van der Waals surface area contributed by atoms with Crippen LogP contribution in [-0.2, 0) is 0 Å². The van der Waals surface area contributed by atoms with Crippen molar-refractivity contribution < 1.29 is 14.6 Å². The maximum absolute atomic E-state index is 12.1. The number of aliphatic hydroxyl groups is 1. The molecule has 4 nitrogen and oxygen atoms in total. The molecule has 19 heavy (non-hydrogen) atoms. The first-order valence-electron chi connectivity index (χ1n) is 6.62. The van der Waals surface area contributed by atoms with Crippen LogP contribution in [0.3, 0.4) is 0 Å². The molecule has 3 rings (SSSR count). The Morgan fingerprint density at radius 3 is 2.68 bits per heavy atom. The van der Waals surface area contributed by atoms with E-state index in [1.807, 2.05) is 18.2 Å². The number of benzene rings is 1. The van der Waals surface area contributed by atoms with Crippen LogP contribution in [0.4, 0.5) is 4.79 Å². The quantitative estimate of drug-likeness (QED) is 0.788. The van der Waals surface area contributed by atoms with E-state index in [1.54, 1.807) is 12.1 Å². The van der Waals surface area contributed by atoms with Gasteiger partial charge in [-0.15, -0.1) is 0 Å².